The van der Waals surface area contributed by atoms with Gasteiger partial charge in [0.2, 0.25) is 0 Å². The molecule has 0 amide bonds. The lowest BCUT2D eigenvalue weighted by Gasteiger charge is -2.02. The second-order valence-electron chi connectivity index (χ2n) is 3.31. The van der Waals surface area contributed by atoms with Gasteiger partial charge in [-0.25, -0.2) is 0 Å². The molecule has 17 heavy (non-hydrogen) atoms. The average molecular weight is 314 g/mol. The molecule has 1 aromatic heterocycles. The first-order chi connectivity index (χ1) is 8.08. The number of benzene rings is 1. The normalized spacial score (nSPS) is 10.5. The average Bonchev–Trinajstić information content (AvgIpc) is 2.67. The molecule has 0 atom stereocenters. The van der Waals surface area contributed by atoms with E-state index in [1.807, 2.05) is 6.92 Å². The molecule has 0 aliphatic carbocycles. The Labute approximate surface area is 110 Å². The largest absolute Gasteiger partial charge is 0.468 e. The molecule has 0 saturated heterocycles. The standard InChI is InChI=1S/C11H8BrNO3S/c1-7-10(4-5-16-7)17-11-3-2-8(12)6-9(11)13(14)15/h2-6H,1H3. The van der Waals surface area contributed by atoms with Crippen LogP contribution in [0.1, 0.15) is 5.76 Å². The van der Waals surface area contributed by atoms with Crippen LogP contribution >= 0.6 is 27.7 Å². The van der Waals surface area contributed by atoms with Crippen molar-refractivity contribution in [2.75, 3.05) is 0 Å². The van der Waals surface area contributed by atoms with Crippen molar-refractivity contribution in [1.29, 1.82) is 0 Å². The molecule has 6 heteroatoms. The van der Waals surface area contributed by atoms with Gasteiger partial charge in [0.15, 0.2) is 0 Å². The molecule has 0 saturated carbocycles. The number of furan rings is 1. The highest BCUT2D eigenvalue weighted by molar-refractivity contribution is 9.10. The summed E-state index contributed by atoms with van der Waals surface area (Å²) in [7, 11) is 0. The number of hydrogen-bond donors (Lipinski definition) is 0. The number of halogens is 1. The molecular formula is C11H8BrNO3S. The Balaban J connectivity index is 2.39. The smallest absolute Gasteiger partial charge is 0.284 e. The van der Waals surface area contributed by atoms with Gasteiger partial charge in [0, 0.05) is 10.5 Å². The van der Waals surface area contributed by atoms with Crippen LogP contribution in [0.25, 0.3) is 0 Å². The quantitative estimate of drug-likeness (QED) is 0.622. The minimum Gasteiger partial charge on any atom is -0.468 e. The Hall–Kier alpha value is -1.27. The molecule has 0 aliphatic rings. The summed E-state index contributed by atoms with van der Waals surface area (Å²) < 4.78 is 5.85. The van der Waals surface area contributed by atoms with Crippen molar-refractivity contribution in [3.05, 3.63) is 50.9 Å². The van der Waals surface area contributed by atoms with E-state index in [1.165, 1.54) is 17.8 Å². The van der Waals surface area contributed by atoms with E-state index in [9.17, 15) is 10.1 Å². The lowest BCUT2D eigenvalue weighted by atomic mass is 10.3. The maximum Gasteiger partial charge on any atom is 0.284 e. The van der Waals surface area contributed by atoms with Crippen LogP contribution in [-0.4, -0.2) is 4.92 Å². The highest BCUT2D eigenvalue weighted by Crippen LogP contribution is 2.37. The van der Waals surface area contributed by atoms with Crippen molar-refractivity contribution in [1.82, 2.24) is 0 Å². The molecule has 1 aromatic carbocycles. The number of rotatable bonds is 3. The summed E-state index contributed by atoms with van der Waals surface area (Å²) >= 11 is 4.55. The van der Waals surface area contributed by atoms with Crippen LogP contribution in [-0.2, 0) is 0 Å². The second-order valence-corrected chi connectivity index (χ2v) is 5.31. The molecule has 1 heterocycles. The third-order valence-electron chi connectivity index (χ3n) is 2.15. The number of nitro benzene ring substituents is 1. The molecule has 2 aromatic rings. The Morgan fingerprint density at radius 3 is 2.71 bits per heavy atom. The molecule has 0 fully saturated rings. The van der Waals surface area contributed by atoms with Crippen LogP contribution in [0, 0.1) is 17.0 Å². The van der Waals surface area contributed by atoms with Gasteiger partial charge >= 0.3 is 0 Å². The molecule has 0 N–H and O–H groups in total. The van der Waals surface area contributed by atoms with Crippen molar-refractivity contribution >= 4 is 33.4 Å². The fraction of sp³-hybridized carbons (Fsp3) is 0.0909. The Kier molecular flexibility index (Phi) is 3.54. The molecule has 0 radical (unpaired) electrons. The van der Waals surface area contributed by atoms with Crippen molar-refractivity contribution in [3.63, 3.8) is 0 Å². The van der Waals surface area contributed by atoms with Crippen LogP contribution in [0.4, 0.5) is 5.69 Å². The Bertz CT molecular complexity index is 568. The summed E-state index contributed by atoms with van der Waals surface area (Å²) in [6.45, 7) is 1.83. The summed E-state index contributed by atoms with van der Waals surface area (Å²) in [5, 5.41) is 10.9. The van der Waals surface area contributed by atoms with E-state index in [0.717, 1.165) is 10.7 Å². The first kappa shape index (κ1) is 12.2. The Morgan fingerprint density at radius 1 is 1.35 bits per heavy atom. The minimum absolute atomic E-state index is 0.0879. The Morgan fingerprint density at radius 2 is 2.12 bits per heavy atom. The summed E-state index contributed by atoms with van der Waals surface area (Å²) in [5.41, 5.74) is 0.0879. The van der Waals surface area contributed by atoms with Crippen LogP contribution in [0.2, 0.25) is 0 Å². The maximum atomic E-state index is 10.9. The molecule has 0 unspecified atom stereocenters. The van der Waals surface area contributed by atoms with Gasteiger partial charge in [-0.3, -0.25) is 10.1 Å². The van der Waals surface area contributed by atoms with Gasteiger partial charge in [-0.15, -0.1) is 0 Å². The van der Waals surface area contributed by atoms with Crippen molar-refractivity contribution in [2.24, 2.45) is 0 Å². The second kappa shape index (κ2) is 4.93. The van der Waals surface area contributed by atoms with E-state index in [4.69, 9.17) is 4.42 Å². The van der Waals surface area contributed by atoms with E-state index in [2.05, 4.69) is 15.9 Å². The molecule has 4 nitrogen and oxygen atoms in total. The molecular weight excluding hydrogens is 306 g/mol. The predicted molar refractivity (Wildman–Crippen MR) is 68.4 cm³/mol. The fourth-order valence-corrected chi connectivity index (χ4v) is 2.59. The lowest BCUT2D eigenvalue weighted by molar-refractivity contribution is -0.387. The summed E-state index contributed by atoms with van der Waals surface area (Å²) in [5.74, 6) is 0.757. The molecule has 0 spiro atoms. The van der Waals surface area contributed by atoms with E-state index >= 15 is 0 Å². The van der Waals surface area contributed by atoms with Gasteiger partial charge in [-0.05, 0) is 25.1 Å². The first-order valence-corrected chi connectivity index (χ1v) is 6.35. The minimum atomic E-state index is -0.386. The monoisotopic (exact) mass is 313 g/mol. The lowest BCUT2D eigenvalue weighted by Crippen LogP contribution is -1.90. The van der Waals surface area contributed by atoms with Gasteiger partial charge in [-0.2, -0.15) is 0 Å². The van der Waals surface area contributed by atoms with Gasteiger partial charge < -0.3 is 4.42 Å². The van der Waals surface area contributed by atoms with Crippen molar-refractivity contribution in [3.8, 4) is 0 Å². The van der Waals surface area contributed by atoms with E-state index < -0.39 is 0 Å². The highest BCUT2D eigenvalue weighted by Gasteiger charge is 2.16. The third-order valence-corrected chi connectivity index (χ3v) is 3.85. The van der Waals surface area contributed by atoms with Crippen molar-refractivity contribution < 1.29 is 9.34 Å². The number of hydrogen-bond acceptors (Lipinski definition) is 4. The van der Waals surface area contributed by atoms with Gasteiger partial charge in [0.05, 0.1) is 21.0 Å². The van der Waals surface area contributed by atoms with Crippen LogP contribution in [0.3, 0.4) is 0 Å². The maximum absolute atomic E-state index is 10.9. The molecule has 0 aliphatic heterocycles. The molecule has 0 bridgehead atoms. The summed E-state index contributed by atoms with van der Waals surface area (Å²) in [4.78, 5) is 12.0. The highest BCUT2D eigenvalue weighted by atomic mass is 79.9. The SMILES string of the molecule is Cc1occc1Sc1ccc(Br)cc1[N+](=O)[O-]. The van der Waals surface area contributed by atoms with Gasteiger partial charge in [0.1, 0.15) is 5.76 Å². The zero-order valence-electron chi connectivity index (χ0n) is 8.84. The fourth-order valence-electron chi connectivity index (χ4n) is 1.32. The van der Waals surface area contributed by atoms with E-state index in [1.54, 1.807) is 24.5 Å². The van der Waals surface area contributed by atoms with Crippen LogP contribution in [0.15, 0.2) is 49.2 Å². The van der Waals surface area contributed by atoms with E-state index in [-0.39, 0.29) is 10.6 Å². The number of nitro groups is 1. The van der Waals surface area contributed by atoms with Crippen molar-refractivity contribution in [2.45, 2.75) is 16.7 Å². The summed E-state index contributed by atoms with van der Waals surface area (Å²) in [6, 6.07) is 6.80. The third kappa shape index (κ3) is 2.70. The van der Waals surface area contributed by atoms with E-state index in [0.29, 0.717) is 9.37 Å². The number of nitrogens with zero attached hydrogens (tertiary/aromatic N) is 1. The van der Waals surface area contributed by atoms with Crippen LogP contribution in [0.5, 0.6) is 0 Å². The molecule has 2 rings (SSSR count). The van der Waals surface area contributed by atoms with Gasteiger partial charge in [-0.1, -0.05) is 27.7 Å². The topological polar surface area (TPSA) is 56.3 Å². The van der Waals surface area contributed by atoms with Gasteiger partial charge in [0.25, 0.3) is 5.69 Å². The predicted octanol–water partition coefficient (Wildman–Crippen LogP) is 4.41. The molecule has 88 valence electrons. The zero-order chi connectivity index (χ0) is 12.4. The number of aryl methyl sites for hydroxylation is 1. The summed E-state index contributed by atoms with van der Waals surface area (Å²) in [6.07, 6.45) is 1.57. The zero-order valence-corrected chi connectivity index (χ0v) is 11.2. The van der Waals surface area contributed by atoms with Crippen LogP contribution < -0.4 is 0 Å². The first-order valence-electron chi connectivity index (χ1n) is 4.74.